The summed E-state index contributed by atoms with van der Waals surface area (Å²) in [5.74, 6) is 0.846. The van der Waals surface area contributed by atoms with Crippen LogP contribution in [-0.2, 0) is 4.79 Å². The molecule has 0 aliphatic heterocycles. The van der Waals surface area contributed by atoms with Gasteiger partial charge in [0.1, 0.15) is 0 Å². The second kappa shape index (κ2) is 4.12. The molecule has 0 spiro atoms. The highest BCUT2D eigenvalue weighted by Crippen LogP contribution is 2.39. The average molecular weight is 184 g/mol. The van der Waals surface area contributed by atoms with E-state index in [0.717, 1.165) is 12.8 Å². The molecule has 2 heteroatoms. The van der Waals surface area contributed by atoms with Crippen molar-refractivity contribution in [3.63, 3.8) is 0 Å². The molecular weight excluding hydrogens is 164 g/mol. The van der Waals surface area contributed by atoms with E-state index in [1.165, 1.54) is 6.42 Å². The fourth-order valence-electron chi connectivity index (χ4n) is 2.47. The van der Waals surface area contributed by atoms with Crippen LogP contribution in [-0.4, -0.2) is 11.1 Å². The van der Waals surface area contributed by atoms with Crippen molar-refractivity contribution in [1.82, 2.24) is 0 Å². The molecule has 0 saturated heterocycles. The fraction of sp³-hybridized carbons (Fsp3) is 0.909. The highest BCUT2D eigenvalue weighted by molar-refractivity contribution is 5.70. The fourth-order valence-corrected chi connectivity index (χ4v) is 2.47. The first-order chi connectivity index (χ1) is 6.06. The third-order valence-corrected chi connectivity index (χ3v) is 3.72. The number of carboxylic acids is 1. The lowest BCUT2D eigenvalue weighted by molar-refractivity contribution is -0.146. The molecule has 0 amide bonds. The summed E-state index contributed by atoms with van der Waals surface area (Å²) < 4.78 is 0. The maximum Gasteiger partial charge on any atom is 0.306 e. The lowest BCUT2D eigenvalue weighted by Crippen LogP contribution is -2.34. The van der Waals surface area contributed by atoms with Gasteiger partial charge in [-0.3, -0.25) is 4.79 Å². The zero-order chi connectivity index (χ0) is 10.0. The molecule has 1 saturated carbocycles. The first kappa shape index (κ1) is 10.6. The van der Waals surface area contributed by atoms with Gasteiger partial charge in [-0.25, -0.2) is 0 Å². The molecule has 4 unspecified atom stereocenters. The number of carboxylic acid groups (broad SMARTS) is 1. The van der Waals surface area contributed by atoms with Gasteiger partial charge in [0, 0.05) is 0 Å². The van der Waals surface area contributed by atoms with E-state index < -0.39 is 5.97 Å². The van der Waals surface area contributed by atoms with Crippen molar-refractivity contribution in [2.75, 3.05) is 0 Å². The molecule has 1 rings (SSSR count). The van der Waals surface area contributed by atoms with Crippen molar-refractivity contribution in [2.24, 2.45) is 23.7 Å². The van der Waals surface area contributed by atoms with Gasteiger partial charge < -0.3 is 5.11 Å². The molecule has 13 heavy (non-hydrogen) atoms. The van der Waals surface area contributed by atoms with Gasteiger partial charge in [-0.15, -0.1) is 0 Å². The van der Waals surface area contributed by atoms with E-state index in [1.807, 2.05) is 0 Å². The van der Waals surface area contributed by atoms with Crippen molar-refractivity contribution in [3.05, 3.63) is 0 Å². The number of rotatable bonds is 2. The van der Waals surface area contributed by atoms with Gasteiger partial charge in [-0.1, -0.05) is 27.2 Å². The lowest BCUT2D eigenvalue weighted by atomic mass is 9.68. The van der Waals surface area contributed by atoms with Gasteiger partial charge in [0.25, 0.3) is 0 Å². The minimum atomic E-state index is -0.600. The van der Waals surface area contributed by atoms with Crippen LogP contribution in [0.5, 0.6) is 0 Å². The maximum atomic E-state index is 11.0. The zero-order valence-electron chi connectivity index (χ0n) is 8.79. The quantitative estimate of drug-likeness (QED) is 0.716. The predicted molar refractivity (Wildman–Crippen MR) is 52.5 cm³/mol. The summed E-state index contributed by atoms with van der Waals surface area (Å²) in [6.07, 6.45) is 3.22. The summed E-state index contributed by atoms with van der Waals surface area (Å²) in [6.45, 7) is 6.42. The molecule has 0 heterocycles. The second-order valence-electron chi connectivity index (χ2n) is 4.53. The van der Waals surface area contributed by atoms with Crippen molar-refractivity contribution < 1.29 is 9.90 Å². The van der Waals surface area contributed by atoms with Crippen molar-refractivity contribution in [2.45, 2.75) is 40.0 Å². The van der Waals surface area contributed by atoms with E-state index in [9.17, 15) is 4.79 Å². The second-order valence-corrected chi connectivity index (χ2v) is 4.53. The van der Waals surface area contributed by atoms with Crippen LogP contribution in [0, 0.1) is 23.7 Å². The topological polar surface area (TPSA) is 37.3 Å². The molecule has 1 fully saturated rings. The molecular formula is C11H20O2. The van der Waals surface area contributed by atoms with Crippen LogP contribution in [0.15, 0.2) is 0 Å². The SMILES string of the molecule is CCC1CC(C)C(C)C(C(=O)O)C1. The molecule has 0 aromatic rings. The Morgan fingerprint density at radius 3 is 2.46 bits per heavy atom. The molecule has 4 atom stereocenters. The lowest BCUT2D eigenvalue weighted by Gasteiger charge is -2.36. The largest absolute Gasteiger partial charge is 0.481 e. The molecule has 1 aliphatic carbocycles. The summed E-state index contributed by atoms with van der Waals surface area (Å²) in [7, 11) is 0. The molecule has 0 aromatic carbocycles. The van der Waals surface area contributed by atoms with Crippen LogP contribution in [0.3, 0.4) is 0 Å². The van der Waals surface area contributed by atoms with E-state index in [4.69, 9.17) is 5.11 Å². The van der Waals surface area contributed by atoms with Crippen LogP contribution in [0.1, 0.15) is 40.0 Å². The van der Waals surface area contributed by atoms with E-state index in [1.54, 1.807) is 0 Å². The Morgan fingerprint density at radius 2 is 2.00 bits per heavy atom. The summed E-state index contributed by atoms with van der Waals surface area (Å²) in [5, 5.41) is 9.04. The predicted octanol–water partition coefficient (Wildman–Crippen LogP) is 2.78. The van der Waals surface area contributed by atoms with E-state index in [0.29, 0.717) is 17.8 Å². The van der Waals surface area contributed by atoms with Gasteiger partial charge in [-0.05, 0) is 30.6 Å². The van der Waals surface area contributed by atoms with Gasteiger partial charge in [0.15, 0.2) is 0 Å². The van der Waals surface area contributed by atoms with Crippen LogP contribution in [0.2, 0.25) is 0 Å². The van der Waals surface area contributed by atoms with Crippen molar-refractivity contribution >= 4 is 5.97 Å². The molecule has 0 aromatic heterocycles. The van der Waals surface area contributed by atoms with Gasteiger partial charge in [0.2, 0.25) is 0 Å². The summed E-state index contributed by atoms with van der Waals surface area (Å²) in [6, 6.07) is 0. The Bertz CT molecular complexity index is 189. The molecule has 0 radical (unpaired) electrons. The Morgan fingerprint density at radius 1 is 1.38 bits per heavy atom. The highest BCUT2D eigenvalue weighted by atomic mass is 16.4. The minimum Gasteiger partial charge on any atom is -0.481 e. The Balaban J connectivity index is 2.66. The van der Waals surface area contributed by atoms with Gasteiger partial charge in [0.05, 0.1) is 5.92 Å². The molecule has 76 valence electrons. The van der Waals surface area contributed by atoms with Crippen molar-refractivity contribution in [3.8, 4) is 0 Å². The van der Waals surface area contributed by atoms with Crippen molar-refractivity contribution in [1.29, 1.82) is 0 Å². The molecule has 1 aliphatic rings. The van der Waals surface area contributed by atoms with Crippen LogP contribution >= 0.6 is 0 Å². The van der Waals surface area contributed by atoms with Crippen LogP contribution < -0.4 is 0 Å². The first-order valence-electron chi connectivity index (χ1n) is 5.29. The number of hydrogen-bond donors (Lipinski definition) is 1. The summed E-state index contributed by atoms with van der Waals surface area (Å²) in [4.78, 5) is 11.0. The highest BCUT2D eigenvalue weighted by Gasteiger charge is 2.35. The van der Waals surface area contributed by atoms with E-state index in [2.05, 4.69) is 20.8 Å². The normalized spacial score (nSPS) is 40.2. The number of aliphatic carboxylic acids is 1. The summed E-state index contributed by atoms with van der Waals surface area (Å²) in [5.41, 5.74) is 0. The Labute approximate surface area is 80.3 Å². The average Bonchev–Trinajstić information content (AvgIpc) is 2.09. The smallest absolute Gasteiger partial charge is 0.306 e. The van der Waals surface area contributed by atoms with Gasteiger partial charge in [-0.2, -0.15) is 0 Å². The zero-order valence-corrected chi connectivity index (χ0v) is 8.79. The third-order valence-electron chi connectivity index (χ3n) is 3.72. The number of hydrogen-bond acceptors (Lipinski definition) is 1. The molecule has 2 nitrogen and oxygen atoms in total. The van der Waals surface area contributed by atoms with E-state index >= 15 is 0 Å². The Kier molecular flexibility index (Phi) is 3.34. The van der Waals surface area contributed by atoms with Crippen LogP contribution in [0.4, 0.5) is 0 Å². The minimum absolute atomic E-state index is 0.103. The molecule has 1 N–H and O–H groups in total. The molecule has 0 bridgehead atoms. The Hall–Kier alpha value is -0.530. The first-order valence-corrected chi connectivity index (χ1v) is 5.29. The van der Waals surface area contributed by atoms with Crippen LogP contribution in [0.25, 0.3) is 0 Å². The summed E-state index contributed by atoms with van der Waals surface area (Å²) >= 11 is 0. The third kappa shape index (κ3) is 2.23. The van der Waals surface area contributed by atoms with Gasteiger partial charge >= 0.3 is 5.97 Å². The standard InChI is InChI=1S/C11H20O2/c1-4-9-5-7(2)8(3)10(6-9)11(12)13/h7-10H,4-6H2,1-3H3,(H,12,13). The van der Waals surface area contributed by atoms with E-state index in [-0.39, 0.29) is 5.92 Å². The number of carbonyl (C=O) groups is 1. The maximum absolute atomic E-state index is 11.0. The monoisotopic (exact) mass is 184 g/mol.